The molecular formula is C15H13ClN2O4S. The fraction of sp³-hybridized carbons (Fsp3) is 0.133. The highest BCUT2D eigenvalue weighted by molar-refractivity contribution is 7.92. The molecule has 1 aliphatic rings. The van der Waals surface area contributed by atoms with Gasteiger partial charge in [-0.2, -0.15) is 0 Å². The van der Waals surface area contributed by atoms with Gasteiger partial charge in [0.15, 0.2) is 12.4 Å². The Kier molecular flexibility index (Phi) is 3.91. The predicted molar refractivity (Wildman–Crippen MR) is 87.6 cm³/mol. The summed E-state index contributed by atoms with van der Waals surface area (Å²) < 4.78 is 32.4. The fourth-order valence-electron chi connectivity index (χ4n) is 2.15. The number of amides is 1. The zero-order valence-corrected chi connectivity index (χ0v) is 13.7. The molecule has 0 spiro atoms. The van der Waals surface area contributed by atoms with E-state index in [1.54, 1.807) is 12.1 Å². The van der Waals surface area contributed by atoms with Gasteiger partial charge in [0, 0.05) is 0 Å². The van der Waals surface area contributed by atoms with Crippen LogP contribution in [-0.2, 0) is 14.8 Å². The zero-order valence-electron chi connectivity index (χ0n) is 12.1. The summed E-state index contributed by atoms with van der Waals surface area (Å²) in [5, 5.41) is 2.80. The molecule has 0 radical (unpaired) electrons. The smallest absolute Gasteiger partial charge is 0.262 e. The Labute approximate surface area is 138 Å². The molecule has 0 saturated heterocycles. The average molecular weight is 353 g/mol. The highest BCUT2D eigenvalue weighted by Gasteiger charge is 2.21. The van der Waals surface area contributed by atoms with Gasteiger partial charge in [0.1, 0.15) is 0 Å². The molecule has 2 N–H and O–H groups in total. The summed E-state index contributed by atoms with van der Waals surface area (Å²) in [7, 11) is -3.75. The first-order valence-electron chi connectivity index (χ1n) is 6.71. The zero-order chi connectivity index (χ0) is 16.6. The summed E-state index contributed by atoms with van der Waals surface area (Å²) in [4.78, 5) is 11.5. The van der Waals surface area contributed by atoms with E-state index in [1.165, 1.54) is 24.3 Å². The Balaban J connectivity index is 1.94. The van der Waals surface area contributed by atoms with E-state index in [0.29, 0.717) is 11.4 Å². The third-order valence-electron chi connectivity index (χ3n) is 3.25. The van der Waals surface area contributed by atoms with Crippen LogP contribution in [-0.4, -0.2) is 20.9 Å². The number of hydrogen-bond donors (Lipinski definition) is 2. The topological polar surface area (TPSA) is 84.5 Å². The van der Waals surface area contributed by atoms with Gasteiger partial charge in [-0.3, -0.25) is 9.52 Å². The number of carbonyl (C=O) groups is 1. The van der Waals surface area contributed by atoms with E-state index < -0.39 is 10.0 Å². The molecule has 120 valence electrons. The molecule has 0 aromatic heterocycles. The first kappa shape index (κ1) is 15.6. The van der Waals surface area contributed by atoms with Crippen molar-refractivity contribution < 1.29 is 17.9 Å². The molecule has 0 atom stereocenters. The maximum absolute atomic E-state index is 12.4. The van der Waals surface area contributed by atoms with Gasteiger partial charge in [0.05, 0.1) is 21.3 Å². The number of ether oxygens (including phenoxy) is 1. The summed E-state index contributed by atoms with van der Waals surface area (Å²) in [5.74, 6) is -0.00309. The maximum atomic E-state index is 12.4. The summed E-state index contributed by atoms with van der Waals surface area (Å²) in [6.07, 6.45) is 0. The second-order valence-corrected chi connectivity index (χ2v) is 7.18. The van der Waals surface area contributed by atoms with E-state index in [4.69, 9.17) is 16.3 Å². The molecule has 6 nitrogen and oxygen atoms in total. The van der Waals surface area contributed by atoms with Crippen molar-refractivity contribution in [3.63, 3.8) is 0 Å². The van der Waals surface area contributed by atoms with Crippen molar-refractivity contribution in [1.82, 2.24) is 0 Å². The highest BCUT2D eigenvalue weighted by Crippen LogP contribution is 2.38. The van der Waals surface area contributed by atoms with Crippen molar-refractivity contribution in [3.8, 4) is 5.75 Å². The molecule has 2 aromatic rings. The second-order valence-electron chi connectivity index (χ2n) is 5.09. The minimum atomic E-state index is -3.75. The molecule has 0 aliphatic carbocycles. The van der Waals surface area contributed by atoms with Crippen molar-refractivity contribution in [2.75, 3.05) is 16.6 Å². The molecule has 23 heavy (non-hydrogen) atoms. The van der Waals surface area contributed by atoms with Gasteiger partial charge >= 0.3 is 0 Å². The van der Waals surface area contributed by atoms with Crippen molar-refractivity contribution >= 4 is 38.9 Å². The number of rotatable bonds is 3. The minimum Gasteiger partial charge on any atom is -0.480 e. The molecule has 0 bridgehead atoms. The monoisotopic (exact) mass is 352 g/mol. The van der Waals surface area contributed by atoms with Gasteiger partial charge in [-0.1, -0.05) is 29.3 Å². The molecule has 3 rings (SSSR count). The van der Waals surface area contributed by atoms with E-state index in [0.717, 1.165) is 5.56 Å². The lowest BCUT2D eigenvalue weighted by Crippen LogP contribution is -2.25. The Hall–Kier alpha value is -2.25. The van der Waals surface area contributed by atoms with Crippen LogP contribution in [0.1, 0.15) is 5.56 Å². The van der Waals surface area contributed by atoms with Crippen LogP contribution in [0.5, 0.6) is 5.75 Å². The molecular weight excluding hydrogens is 340 g/mol. The average Bonchev–Trinajstić information content (AvgIpc) is 2.46. The van der Waals surface area contributed by atoms with Gasteiger partial charge in [0.25, 0.3) is 15.9 Å². The third-order valence-corrected chi connectivity index (χ3v) is 4.93. The van der Waals surface area contributed by atoms with Crippen LogP contribution in [0.4, 0.5) is 11.4 Å². The highest BCUT2D eigenvalue weighted by atomic mass is 35.5. The predicted octanol–water partition coefficient (Wildman–Crippen LogP) is 2.78. The quantitative estimate of drug-likeness (QED) is 0.889. The van der Waals surface area contributed by atoms with E-state index >= 15 is 0 Å². The number of aryl methyl sites for hydroxylation is 1. The summed E-state index contributed by atoms with van der Waals surface area (Å²) in [6, 6.07) is 9.35. The van der Waals surface area contributed by atoms with Gasteiger partial charge in [0.2, 0.25) is 0 Å². The van der Waals surface area contributed by atoms with Gasteiger partial charge in [-0.05, 0) is 31.2 Å². The molecule has 0 fully saturated rings. The lowest BCUT2D eigenvalue weighted by Gasteiger charge is -2.20. The SMILES string of the molecule is Cc1ccc(S(=O)(=O)Nc2cc(Cl)c3c(c2)NC(=O)CO3)cc1. The van der Waals surface area contributed by atoms with Crippen LogP contribution in [0.15, 0.2) is 41.3 Å². The second kappa shape index (κ2) is 5.75. The Morgan fingerprint density at radius 2 is 1.91 bits per heavy atom. The van der Waals surface area contributed by atoms with Crippen molar-refractivity contribution in [3.05, 3.63) is 47.0 Å². The minimum absolute atomic E-state index is 0.124. The van der Waals surface area contributed by atoms with E-state index in [2.05, 4.69) is 10.0 Å². The van der Waals surface area contributed by atoms with Crippen LogP contribution in [0.2, 0.25) is 5.02 Å². The normalized spacial score (nSPS) is 13.7. The molecule has 1 aliphatic heterocycles. The number of halogens is 1. The van der Waals surface area contributed by atoms with Gasteiger partial charge in [-0.25, -0.2) is 8.42 Å². The van der Waals surface area contributed by atoms with E-state index in [9.17, 15) is 13.2 Å². The number of hydrogen-bond acceptors (Lipinski definition) is 4. The molecule has 1 heterocycles. The van der Waals surface area contributed by atoms with Crippen molar-refractivity contribution in [2.24, 2.45) is 0 Å². The number of nitrogens with one attached hydrogen (secondary N) is 2. The largest absolute Gasteiger partial charge is 0.480 e. The van der Waals surface area contributed by atoms with Crippen LogP contribution >= 0.6 is 11.6 Å². The number of carbonyl (C=O) groups excluding carboxylic acids is 1. The fourth-order valence-corrected chi connectivity index (χ4v) is 3.46. The summed E-state index contributed by atoms with van der Waals surface area (Å²) in [5.41, 5.74) is 1.52. The standard InChI is InChI=1S/C15H13ClN2O4S/c1-9-2-4-11(5-3-9)23(20,21)18-10-6-12(16)15-13(7-10)17-14(19)8-22-15/h2-7,18H,8H2,1H3,(H,17,19). The summed E-state index contributed by atoms with van der Waals surface area (Å²) in [6.45, 7) is 1.75. The Morgan fingerprint density at radius 1 is 1.22 bits per heavy atom. The Morgan fingerprint density at radius 3 is 2.61 bits per heavy atom. The molecule has 2 aromatic carbocycles. The number of anilines is 2. The first-order chi connectivity index (χ1) is 10.8. The molecule has 1 amide bonds. The molecule has 8 heteroatoms. The molecule has 0 saturated carbocycles. The Bertz CT molecular complexity index is 879. The molecule has 0 unspecified atom stereocenters. The van der Waals surface area contributed by atoms with Crippen LogP contribution < -0.4 is 14.8 Å². The van der Waals surface area contributed by atoms with Crippen LogP contribution in [0, 0.1) is 6.92 Å². The van der Waals surface area contributed by atoms with Crippen LogP contribution in [0.3, 0.4) is 0 Å². The lowest BCUT2D eigenvalue weighted by atomic mass is 10.2. The van der Waals surface area contributed by atoms with Crippen molar-refractivity contribution in [2.45, 2.75) is 11.8 Å². The lowest BCUT2D eigenvalue weighted by molar-refractivity contribution is -0.118. The van der Waals surface area contributed by atoms with Crippen LogP contribution in [0.25, 0.3) is 0 Å². The van der Waals surface area contributed by atoms with Gasteiger partial charge < -0.3 is 10.1 Å². The first-order valence-corrected chi connectivity index (χ1v) is 8.57. The van der Waals surface area contributed by atoms with Crippen molar-refractivity contribution in [1.29, 1.82) is 0 Å². The third kappa shape index (κ3) is 3.25. The number of sulfonamides is 1. The number of benzene rings is 2. The number of fused-ring (bicyclic) bond motifs is 1. The van der Waals surface area contributed by atoms with Gasteiger partial charge in [-0.15, -0.1) is 0 Å². The van der Waals surface area contributed by atoms with E-state index in [1.807, 2.05) is 6.92 Å². The summed E-state index contributed by atoms with van der Waals surface area (Å²) >= 11 is 6.08. The van der Waals surface area contributed by atoms with E-state index in [-0.39, 0.29) is 28.1 Å². The maximum Gasteiger partial charge on any atom is 0.262 e.